The molecule has 1 aromatic rings. The molecule has 0 saturated carbocycles. The summed E-state index contributed by atoms with van der Waals surface area (Å²) in [6.07, 6.45) is 1.01. The smallest absolute Gasteiger partial charge is 0.0701 e. The molecular formula is C9H15BrN2OS. The van der Waals surface area contributed by atoms with Crippen molar-refractivity contribution in [1.82, 2.24) is 5.32 Å². The molecule has 0 aliphatic heterocycles. The van der Waals surface area contributed by atoms with Gasteiger partial charge >= 0.3 is 0 Å². The first-order valence-electron chi connectivity index (χ1n) is 4.53. The van der Waals surface area contributed by atoms with Crippen LogP contribution in [-0.4, -0.2) is 30.8 Å². The second kappa shape index (κ2) is 6.53. The number of aliphatic hydroxyl groups is 1. The zero-order valence-corrected chi connectivity index (χ0v) is 10.3. The van der Waals surface area contributed by atoms with E-state index in [2.05, 4.69) is 33.4 Å². The first-order valence-corrected chi connectivity index (χ1v) is 6.14. The molecule has 4 N–H and O–H groups in total. The van der Waals surface area contributed by atoms with Crippen molar-refractivity contribution in [1.29, 1.82) is 0 Å². The molecule has 0 amide bonds. The van der Waals surface area contributed by atoms with E-state index >= 15 is 0 Å². The third-order valence-corrected chi connectivity index (χ3v) is 3.50. The summed E-state index contributed by atoms with van der Waals surface area (Å²) < 4.78 is 1.17. The highest BCUT2D eigenvalue weighted by atomic mass is 79.9. The van der Waals surface area contributed by atoms with Crippen molar-refractivity contribution in [2.24, 2.45) is 5.73 Å². The largest absolute Gasteiger partial charge is 0.395 e. The Labute approximate surface area is 96.4 Å². The number of hydrogen-bond acceptors (Lipinski definition) is 4. The summed E-state index contributed by atoms with van der Waals surface area (Å²) >= 11 is 5.17. The van der Waals surface area contributed by atoms with E-state index in [0.29, 0.717) is 6.54 Å². The van der Waals surface area contributed by atoms with E-state index in [-0.39, 0.29) is 12.6 Å². The van der Waals surface area contributed by atoms with Gasteiger partial charge in [-0.1, -0.05) is 0 Å². The van der Waals surface area contributed by atoms with Gasteiger partial charge < -0.3 is 16.2 Å². The summed E-state index contributed by atoms with van der Waals surface area (Å²) in [6.45, 7) is 1.61. The number of thiophene rings is 1. The van der Waals surface area contributed by atoms with Gasteiger partial charge in [0.2, 0.25) is 0 Å². The maximum absolute atomic E-state index is 8.69. The van der Waals surface area contributed by atoms with E-state index in [9.17, 15) is 0 Å². The van der Waals surface area contributed by atoms with Crippen LogP contribution in [0.5, 0.6) is 0 Å². The van der Waals surface area contributed by atoms with Crippen LogP contribution in [0.4, 0.5) is 0 Å². The zero-order chi connectivity index (χ0) is 10.4. The number of halogens is 1. The third kappa shape index (κ3) is 4.52. The monoisotopic (exact) mass is 278 g/mol. The highest BCUT2D eigenvalue weighted by molar-refractivity contribution is 9.11. The fraction of sp³-hybridized carbons (Fsp3) is 0.556. The normalized spacial score (nSPS) is 13.1. The zero-order valence-electron chi connectivity index (χ0n) is 7.87. The molecule has 14 heavy (non-hydrogen) atoms. The van der Waals surface area contributed by atoms with Gasteiger partial charge in [-0.2, -0.15) is 0 Å². The molecule has 0 saturated heterocycles. The lowest BCUT2D eigenvalue weighted by molar-refractivity contribution is 0.262. The molecular weight excluding hydrogens is 264 g/mol. The Hall–Kier alpha value is 0.0600. The summed E-state index contributed by atoms with van der Waals surface area (Å²) in [5.41, 5.74) is 5.54. The van der Waals surface area contributed by atoms with E-state index in [0.717, 1.165) is 13.0 Å². The van der Waals surface area contributed by atoms with Crippen molar-refractivity contribution in [3.05, 3.63) is 20.8 Å². The van der Waals surface area contributed by atoms with E-state index in [1.165, 1.54) is 8.66 Å². The average Bonchev–Trinajstić information content (AvgIpc) is 2.58. The minimum Gasteiger partial charge on any atom is -0.395 e. The first kappa shape index (κ1) is 12.1. The van der Waals surface area contributed by atoms with E-state index in [4.69, 9.17) is 10.8 Å². The van der Waals surface area contributed by atoms with Gasteiger partial charge in [0.05, 0.1) is 10.4 Å². The van der Waals surface area contributed by atoms with Crippen LogP contribution in [0.15, 0.2) is 15.9 Å². The number of nitrogens with one attached hydrogen (secondary N) is 1. The topological polar surface area (TPSA) is 58.3 Å². The maximum Gasteiger partial charge on any atom is 0.0701 e. The van der Waals surface area contributed by atoms with Crippen molar-refractivity contribution < 1.29 is 5.11 Å². The molecule has 5 heteroatoms. The van der Waals surface area contributed by atoms with E-state index in [1.54, 1.807) is 11.3 Å². The maximum atomic E-state index is 8.69. The van der Waals surface area contributed by atoms with Gasteiger partial charge in [-0.3, -0.25) is 0 Å². The second-order valence-electron chi connectivity index (χ2n) is 3.10. The summed E-state index contributed by atoms with van der Waals surface area (Å²) in [5, 5.41) is 11.9. The summed E-state index contributed by atoms with van der Waals surface area (Å²) in [6, 6.07) is 4.02. The Morgan fingerprint density at radius 3 is 2.93 bits per heavy atom. The first-order chi connectivity index (χ1) is 6.72. The highest BCUT2D eigenvalue weighted by Crippen LogP contribution is 2.21. The van der Waals surface area contributed by atoms with Crippen LogP contribution in [0.25, 0.3) is 0 Å². The van der Waals surface area contributed by atoms with Crippen molar-refractivity contribution in [2.45, 2.75) is 12.5 Å². The van der Waals surface area contributed by atoms with Gasteiger partial charge in [-0.25, -0.2) is 0 Å². The predicted octanol–water partition coefficient (Wildman–Crippen LogP) is 0.962. The Morgan fingerprint density at radius 1 is 1.57 bits per heavy atom. The molecule has 1 heterocycles. The minimum absolute atomic E-state index is 0.0392. The third-order valence-electron chi connectivity index (χ3n) is 1.82. The average molecular weight is 279 g/mol. The van der Waals surface area contributed by atoms with Crippen LogP contribution in [0.1, 0.15) is 4.88 Å². The molecule has 1 unspecified atom stereocenters. The minimum atomic E-state index is -0.148. The summed E-state index contributed by atoms with van der Waals surface area (Å²) in [4.78, 5) is 1.35. The van der Waals surface area contributed by atoms with Crippen LogP contribution in [0.2, 0.25) is 0 Å². The van der Waals surface area contributed by atoms with Gasteiger partial charge in [0.15, 0.2) is 0 Å². The van der Waals surface area contributed by atoms with Crippen molar-refractivity contribution in [3.8, 4) is 0 Å². The molecule has 1 rings (SSSR count). The van der Waals surface area contributed by atoms with Crippen LogP contribution >= 0.6 is 27.3 Å². The van der Waals surface area contributed by atoms with Crippen LogP contribution < -0.4 is 11.1 Å². The molecule has 1 aromatic heterocycles. The van der Waals surface area contributed by atoms with Crippen molar-refractivity contribution in [2.75, 3.05) is 19.7 Å². The number of rotatable bonds is 6. The number of nitrogens with two attached hydrogens (primary N) is 1. The molecule has 0 fully saturated rings. The molecule has 80 valence electrons. The van der Waals surface area contributed by atoms with Gasteiger partial charge in [0.1, 0.15) is 0 Å². The molecule has 3 nitrogen and oxygen atoms in total. The lowest BCUT2D eigenvalue weighted by atomic mass is 10.3. The fourth-order valence-electron chi connectivity index (χ4n) is 1.05. The second-order valence-corrected chi connectivity index (χ2v) is 5.65. The molecule has 0 bridgehead atoms. The Bertz CT molecular complexity index is 267. The summed E-state index contributed by atoms with van der Waals surface area (Å²) in [7, 11) is 0. The van der Waals surface area contributed by atoms with Crippen LogP contribution in [0.3, 0.4) is 0 Å². The molecule has 1 atom stereocenters. The number of aliphatic hydroxyl groups excluding tert-OH is 1. The van der Waals surface area contributed by atoms with Crippen LogP contribution in [-0.2, 0) is 6.42 Å². The highest BCUT2D eigenvalue weighted by Gasteiger charge is 2.00. The fourth-order valence-corrected chi connectivity index (χ4v) is 2.53. The van der Waals surface area contributed by atoms with Gasteiger partial charge in [-0.15, -0.1) is 11.3 Å². The van der Waals surface area contributed by atoms with Gasteiger partial charge in [0, 0.05) is 24.0 Å². The number of hydrogen-bond donors (Lipinski definition) is 3. The molecule has 0 spiro atoms. The van der Waals surface area contributed by atoms with Crippen LogP contribution in [0, 0.1) is 0 Å². The quantitative estimate of drug-likeness (QED) is 0.680. The molecule has 0 aliphatic rings. The Morgan fingerprint density at radius 2 is 2.36 bits per heavy atom. The molecule has 0 radical (unpaired) electrons. The SMILES string of the molecule is NC(CO)CNCCc1ccc(Br)s1. The summed E-state index contributed by atoms with van der Waals surface area (Å²) in [5.74, 6) is 0. The van der Waals surface area contributed by atoms with E-state index < -0.39 is 0 Å². The molecule has 0 aliphatic carbocycles. The Balaban J connectivity index is 2.10. The lowest BCUT2D eigenvalue weighted by Crippen LogP contribution is -2.37. The van der Waals surface area contributed by atoms with Gasteiger partial charge in [0.25, 0.3) is 0 Å². The van der Waals surface area contributed by atoms with Gasteiger partial charge in [-0.05, 0) is 34.5 Å². The van der Waals surface area contributed by atoms with E-state index in [1.807, 2.05) is 0 Å². The predicted molar refractivity (Wildman–Crippen MR) is 63.7 cm³/mol. The van der Waals surface area contributed by atoms with Crippen molar-refractivity contribution in [3.63, 3.8) is 0 Å². The lowest BCUT2D eigenvalue weighted by Gasteiger charge is -2.08. The Kier molecular flexibility index (Phi) is 5.66. The molecule has 0 aromatic carbocycles. The van der Waals surface area contributed by atoms with Crippen molar-refractivity contribution >= 4 is 27.3 Å². The standard InChI is InChI=1S/C9H15BrN2OS/c10-9-2-1-8(14-9)3-4-12-5-7(11)6-13/h1-2,7,12-13H,3-6,11H2.